The molecule has 41 heavy (non-hydrogen) atoms. The van der Waals surface area contributed by atoms with E-state index in [0.717, 1.165) is 52.5 Å². The second kappa shape index (κ2) is 12.7. The maximum Gasteiger partial charge on any atom is 0.227 e. The molecule has 2 aliphatic rings. The Labute approximate surface area is 241 Å². The summed E-state index contributed by atoms with van der Waals surface area (Å²) < 4.78 is 11.2. The number of nitrogens with zero attached hydrogens (tertiary/aromatic N) is 1. The number of benzene rings is 2. The van der Waals surface area contributed by atoms with Crippen molar-refractivity contribution in [3.8, 4) is 11.5 Å². The van der Waals surface area contributed by atoms with Crippen molar-refractivity contribution in [1.82, 2.24) is 20.5 Å². The number of methoxy groups -OCH3 is 2. The molecular formula is C32H40N4O5. The van der Waals surface area contributed by atoms with Gasteiger partial charge in [0.05, 0.1) is 20.6 Å². The lowest BCUT2D eigenvalue weighted by Gasteiger charge is -2.31. The SMILES string of the molecule is COc1cc2cc(c1OC)CCCNC(=O)C[C@@H]1CC[C@H](CNC(=O)CC2)N1C(=O)Cc1c(C)[nH]c2ccccc12. The molecule has 3 heterocycles. The summed E-state index contributed by atoms with van der Waals surface area (Å²) in [4.78, 5) is 45.1. The standard InChI is InChI=1S/C32H40N4O5/c1-20-26(25-8-4-5-9-27(25)35-20)18-31(39)36-23-11-12-24(36)19-34-29(37)13-10-21-15-22(7-6-14-33-30(38)17-23)32(41-3)28(16-21)40-2/h4-5,8-9,15-16,23-24,35H,6-7,10-14,17-19H2,1-3H3,(H,33,38)(H,34,37)/t23-,24+/m0/s1. The molecule has 2 aliphatic heterocycles. The van der Waals surface area contributed by atoms with Crippen molar-refractivity contribution >= 4 is 28.6 Å². The van der Waals surface area contributed by atoms with E-state index < -0.39 is 0 Å². The number of H-pyrrole nitrogens is 1. The fraction of sp³-hybridized carbons (Fsp3) is 0.469. The summed E-state index contributed by atoms with van der Waals surface area (Å²) in [6.45, 7) is 2.88. The zero-order chi connectivity index (χ0) is 28.9. The van der Waals surface area contributed by atoms with Gasteiger partial charge in [-0.25, -0.2) is 0 Å². The topological polar surface area (TPSA) is 113 Å². The number of ether oxygens (including phenoxy) is 2. The van der Waals surface area contributed by atoms with E-state index >= 15 is 0 Å². The van der Waals surface area contributed by atoms with E-state index in [1.807, 2.05) is 42.2 Å². The largest absolute Gasteiger partial charge is 0.493 e. The molecule has 5 rings (SSSR count). The molecule has 0 aliphatic carbocycles. The van der Waals surface area contributed by atoms with E-state index in [1.165, 1.54) is 0 Å². The Hall–Kier alpha value is -4.01. The summed E-state index contributed by atoms with van der Waals surface area (Å²) in [6, 6.07) is 11.6. The average Bonchev–Trinajstić information content (AvgIpc) is 3.51. The summed E-state index contributed by atoms with van der Waals surface area (Å²) in [7, 11) is 3.23. The lowest BCUT2D eigenvalue weighted by molar-refractivity contribution is -0.135. The number of fused-ring (bicyclic) bond motifs is 5. The predicted octanol–water partition coefficient (Wildman–Crippen LogP) is 3.60. The molecule has 0 unspecified atom stereocenters. The monoisotopic (exact) mass is 560 g/mol. The molecule has 3 aromatic rings. The van der Waals surface area contributed by atoms with Crippen LogP contribution < -0.4 is 20.1 Å². The van der Waals surface area contributed by atoms with Crippen molar-refractivity contribution in [3.63, 3.8) is 0 Å². The first-order valence-corrected chi connectivity index (χ1v) is 14.5. The van der Waals surface area contributed by atoms with Gasteiger partial charge in [-0.1, -0.05) is 24.3 Å². The molecule has 0 spiro atoms. The summed E-state index contributed by atoms with van der Waals surface area (Å²) in [6.07, 6.45) is 4.28. The van der Waals surface area contributed by atoms with Crippen molar-refractivity contribution in [1.29, 1.82) is 0 Å². The molecule has 0 radical (unpaired) electrons. The van der Waals surface area contributed by atoms with Crippen LogP contribution in [0.25, 0.3) is 10.9 Å². The normalized spacial score (nSPS) is 20.3. The fourth-order valence-electron chi connectivity index (χ4n) is 6.38. The van der Waals surface area contributed by atoms with E-state index in [0.29, 0.717) is 43.9 Å². The zero-order valence-electron chi connectivity index (χ0n) is 24.2. The lowest BCUT2D eigenvalue weighted by Crippen LogP contribution is -2.48. The van der Waals surface area contributed by atoms with Gasteiger partial charge in [-0.2, -0.15) is 0 Å². The number of aryl methyl sites for hydroxylation is 3. The van der Waals surface area contributed by atoms with Gasteiger partial charge in [0.1, 0.15) is 0 Å². The van der Waals surface area contributed by atoms with E-state index in [2.05, 4.69) is 21.7 Å². The second-order valence-electron chi connectivity index (χ2n) is 11.1. The van der Waals surface area contributed by atoms with Gasteiger partial charge in [0.25, 0.3) is 0 Å². The fourth-order valence-corrected chi connectivity index (χ4v) is 6.38. The van der Waals surface area contributed by atoms with Crippen molar-refractivity contribution in [2.45, 2.75) is 70.4 Å². The minimum absolute atomic E-state index is 0.0134. The Balaban J connectivity index is 1.35. The summed E-state index contributed by atoms with van der Waals surface area (Å²) in [5.74, 6) is 1.18. The average molecular weight is 561 g/mol. The highest BCUT2D eigenvalue weighted by atomic mass is 16.5. The van der Waals surface area contributed by atoms with E-state index in [4.69, 9.17) is 9.47 Å². The molecule has 3 N–H and O–H groups in total. The zero-order valence-corrected chi connectivity index (χ0v) is 24.2. The quantitative estimate of drug-likeness (QED) is 0.452. The summed E-state index contributed by atoms with van der Waals surface area (Å²) >= 11 is 0. The lowest BCUT2D eigenvalue weighted by atomic mass is 10.0. The number of hydrogen-bond acceptors (Lipinski definition) is 5. The van der Waals surface area contributed by atoms with Crippen LogP contribution >= 0.6 is 0 Å². The highest BCUT2D eigenvalue weighted by Gasteiger charge is 2.38. The second-order valence-corrected chi connectivity index (χ2v) is 11.1. The predicted molar refractivity (Wildman–Crippen MR) is 157 cm³/mol. The number of aromatic amines is 1. The molecule has 1 aromatic heterocycles. The van der Waals surface area contributed by atoms with Crippen LogP contribution in [0.3, 0.4) is 0 Å². The van der Waals surface area contributed by atoms with Crippen LogP contribution in [0.2, 0.25) is 0 Å². The van der Waals surface area contributed by atoms with Gasteiger partial charge in [-0.3, -0.25) is 14.4 Å². The first kappa shape index (κ1) is 28.5. The number of nitrogens with one attached hydrogen (secondary N) is 3. The van der Waals surface area contributed by atoms with Crippen LogP contribution in [0.5, 0.6) is 11.5 Å². The van der Waals surface area contributed by atoms with Crippen molar-refractivity contribution in [3.05, 3.63) is 58.8 Å². The highest BCUT2D eigenvalue weighted by Crippen LogP contribution is 2.34. The summed E-state index contributed by atoms with van der Waals surface area (Å²) in [5.41, 5.74) is 4.94. The summed E-state index contributed by atoms with van der Waals surface area (Å²) in [5, 5.41) is 7.16. The number of amides is 3. The van der Waals surface area contributed by atoms with Crippen LogP contribution in [-0.2, 0) is 33.6 Å². The van der Waals surface area contributed by atoms with Gasteiger partial charge in [-0.15, -0.1) is 0 Å². The number of carbonyl (C=O) groups excluding carboxylic acids is 3. The third kappa shape index (κ3) is 6.34. The number of carbonyl (C=O) groups is 3. The van der Waals surface area contributed by atoms with Crippen LogP contribution in [0.4, 0.5) is 0 Å². The molecule has 4 bridgehead atoms. The van der Waals surface area contributed by atoms with E-state index in [9.17, 15) is 14.4 Å². The number of aromatic nitrogens is 1. The molecule has 2 aromatic carbocycles. The molecule has 1 saturated heterocycles. The number of para-hydroxylation sites is 1. The maximum absolute atomic E-state index is 13.9. The van der Waals surface area contributed by atoms with Gasteiger partial charge in [0, 0.05) is 54.6 Å². The van der Waals surface area contributed by atoms with Crippen LogP contribution in [0, 0.1) is 6.92 Å². The molecule has 0 saturated carbocycles. The molecule has 2 atom stereocenters. The third-order valence-electron chi connectivity index (χ3n) is 8.42. The smallest absolute Gasteiger partial charge is 0.227 e. The third-order valence-corrected chi connectivity index (χ3v) is 8.42. The first-order chi connectivity index (χ1) is 19.9. The van der Waals surface area contributed by atoms with E-state index in [1.54, 1.807) is 14.2 Å². The Morgan fingerprint density at radius 2 is 1.78 bits per heavy atom. The van der Waals surface area contributed by atoms with Crippen molar-refractivity contribution in [2.75, 3.05) is 27.3 Å². The molecule has 1 fully saturated rings. The highest BCUT2D eigenvalue weighted by molar-refractivity contribution is 5.90. The Kier molecular flexibility index (Phi) is 8.81. The molecule has 9 nitrogen and oxygen atoms in total. The van der Waals surface area contributed by atoms with Crippen molar-refractivity contribution in [2.24, 2.45) is 0 Å². The van der Waals surface area contributed by atoms with Gasteiger partial charge < -0.3 is 30.0 Å². The minimum Gasteiger partial charge on any atom is -0.493 e. The molecule has 3 amide bonds. The Morgan fingerprint density at radius 3 is 2.59 bits per heavy atom. The van der Waals surface area contributed by atoms with Gasteiger partial charge in [0.15, 0.2) is 11.5 Å². The van der Waals surface area contributed by atoms with Gasteiger partial charge in [-0.05, 0) is 67.9 Å². The molecular weight excluding hydrogens is 520 g/mol. The van der Waals surface area contributed by atoms with Gasteiger partial charge in [0.2, 0.25) is 17.7 Å². The number of hydrogen-bond donors (Lipinski definition) is 3. The first-order valence-electron chi connectivity index (χ1n) is 14.5. The van der Waals surface area contributed by atoms with Crippen LogP contribution in [0.15, 0.2) is 36.4 Å². The maximum atomic E-state index is 13.9. The van der Waals surface area contributed by atoms with Crippen LogP contribution in [-0.4, -0.2) is 67.0 Å². The van der Waals surface area contributed by atoms with E-state index in [-0.39, 0.29) is 42.6 Å². The van der Waals surface area contributed by atoms with Crippen molar-refractivity contribution < 1.29 is 23.9 Å². The van der Waals surface area contributed by atoms with Crippen LogP contribution in [0.1, 0.15) is 54.5 Å². The minimum atomic E-state index is -0.204. The molecule has 9 heteroatoms. The Morgan fingerprint density at radius 1 is 0.976 bits per heavy atom. The number of rotatable bonds is 4. The van der Waals surface area contributed by atoms with Gasteiger partial charge >= 0.3 is 0 Å². The Bertz CT molecular complexity index is 1430. The molecule has 218 valence electrons.